The number of ether oxygens (including phenoxy) is 6. The quantitative estimate of drug-likeness (QED) is 0.0860. The molecule has 0 aromatic carbocycles. The third-order valence-electron chi connectivity index (χ3n) is 5.78. The van der Waals surface area contributed by atoms with Gasteiger partial charge in [0.05, 0.1) is 12.1 Å². The molecule has 52 heavy (non-hydrogen) atoms. The number of carbonyl (C=O) groups is 6. The molecule has 1 amide bonds. The van der Waals surface area contributed by atoms with E-state index in [-0.39, 0.29) is 26.1 Å². The van der Waals surface area contributed by atoms with Crippen LogP contribution in [0.2, 0.25) is 0 Å². The van der Waals surface area contributed by atoms with Gasteiger partial charge in [-0.3, -0.25) is 19.2 Å². The number of allylic oxidation sites excluding steroid dienone is 3. The Morgan fingerprint density at radius 2 is 1.54 bits per heavy atom. The fourth-order valence-electron chi connectivity index (χ4n) is 4.20. The maximum atomic E-state index is 13.9. The first-order valence-electron chi connectivity index (χ1n) is 16.0. The molecule has 14 nitrogen and oxygen atoms in total. The Labute approximate surface area is 312 Å². The normalized spacial score (nSPS) is 19.9. The largest absolute Gasteiger partial charge is 0.481 e. The summed E-state index contributed by atoms with van der Waals surface area (Å²) in [6, 6.07) is -1.10. The fourth-order valence-corrected chi connectivity index (χ4v) is 5.35. The minimum Gasteiger partial charge on any atom is -0.481 e. The van der Waals surface area contributed by atoms with Crippen molar-refractivity contribution < 1.29 is 62.3 Å². The number of esters is 4. The molecule has 294 valence electrons. The molecule has 15 heteroatoms. The fraction of sp³-hybridized carbons (Fsp3) is 0.514. The Balaban J connectivity index is -0.00000275. The Kier molecular flexibility index (Phi) is 26.9. The van der Waals surface area contributed by atoms with Gasteiger partial charge < -0.3 is 38.8 Å². The number of carboxylic acid groups (broad SMARTS) is 1. The molecular weight excluding hydrogens is 698 g/mol. The lowest BCUT2D eigenvalue weighted by molar-refractivity contribution is -0.196. The summed E-state index contributed by atoms with van der Waals surface area (Å²) in [6.45, 7) is 32.4. The van der Waals surface area contributed by atoms with Gasteiger partial charge in [-0.25, -0.2) is 9.59 Å². The van der Waals surface area contributed by atoms with E-state index in [1.54, 1.807) is 52.8 Å². The molecule has 0 bridgehead atoms. The minimum atomic E-state index is -1.83. The predicted octanol–water partition coefficient (Wildman–Crippen LogP) is 6.38. The third kappa shape index (κ3) is 23.0. The summed E-state index contributed by atoms with van der Waals surface area (Å²) in [5.74, 6) is -3.62. The van der Waals surface area contributed by atoms with E-state index >= 15 is 0 Å². The molecule has 0 aromatic heterocycles. The summed E-state index contributed by atoms with van der Waals surface area (Å²) >= 11 is 0.981. The second-order valence-corrected chi connectivity index (χ2v) is 12.8. The first kappa shape index (κ1) is 51.7. The molecule has 2 N–H and O–H groups in total. The van der Waals surface area contributed by atoms with E-state index in [1.807, 2.05) is 0 Å². The number of hydrogen-bond donors (Lipinski definition) is 2. The van der Waals surface area contributed by atoms with Gasteiger partial charge in [-0.15, -0.1) is 26.3 Å². The summed E-state index contributed by atoms with van der Waals surface area (Å²) < 4.78 is 33.7. The van der Waals surface area contributed by atoms with E-state index in [9.17, 15) is 24.0 Å². The number of aliphatic carboxylic acids is 1. The molecule has 4 unspecified atom stereocenters. The third-order valence-corrected chi connectivity index (χ3v) is 7.18. The zero-order chi connectivity index (χ0) is 41.2. The van der Waals surface area contributed by atoms with Crippen LogP contribution in [-0.2, 0) is 52.4 Å². The summed E-state index contributed by atoms with van der Waals surface area (Å²) in [4.78, 5) is 70.4. The van der Waals surface area contributed by atoms with Crippen molar-refractivity contribution in [2.45, 2.75) is 110 Å². The molecule has 1 heterocycles. The van der Waals surface area contributed by atoms with Crippen molar-refractivity contribution in [1.82, 2.24) is 5.32 Å². The van der Waals surface area contributed by atoms with Crippen molar-refractivity contribution in [3.8, 4) is 0 Å². The maximum Gasteiger partial charge on any atom is 0.408 e. The molecule has 0 aromatic rings. The van der Waals surface area contributed by atoms with Gasteiger partial charge in [0.1, 0.15) is 31.0 Å². The summed E-state index contributed by atoms with van der Waals surface area (Å²) in [6.07, 6.45) is 1.99. The number of alkyl carbamates (subject to hydrolysis) is 1. The highest BCUT2D eigenvalue weighted by molar-refractivity contribution is 8.05. The van der Waals surface area contributed by atoms with E-state index in [4.69, 9.17) is 38.3 Å². The predicted molar refractivity (Wildman–Crippen MR) is 200 cm³/mol. The first-order valence-corrected chi connectivity index (χ1v) is 16.8. The van der Waals surface area contributed by atoms with Crippen LogP contribution in [0.5, 0.6) is 0 Å². The van der Waals surface area contributed by atoms with Crippen molar-refractivity contribution in [2.24, 2.45) is 0 Å². The molecule has 1 rings (SSSR count). The van der Waals surface area contributed by atoms with E-state index in [2.05, 4.69) is 44.8 Å². The van der Waals surface area contributed by atoms with Crippen LogP contribution < -0.4 is 5.32 Å². The highest BCUT2D eigenvalue weighted by atomic mass is 32.2. The summed E-state index contributed by atoms with van der Waals surface area (Å²) in [7, 11) is 0. The standard InChI is InChI=1S/C31H45NO11S.C2H4O2.2C2H4/c1-11-14-19(4)17-39-28(36)31(44-24(12-2)13-3)16-26(41-22(7)35)27(32-29(37)43-30(8,9)10)25(42-31)15-23(40-21(6)34)18-38-20(5)33;1-2(3)4;2*1-2/h11-14,23,25-27H,2,4,15-18H2,1,3,5-10H3,(H,32,37);1H3,(H,3,4);2*1-2H2/b14-11-,24-13+;;;/t23?,25?,26-,27?,31?;;;/m1.../s1. The number of carboxylic acids is 1. The number of thioether (sulfide) groups is 1. The molecule has 5 atom stereocenters. The first-order chi connectivity index (χ1) is 24.2. The molecule has 0 aliphatic carbocycles. The van der Waals surface area contributed by atoms with Crippen molar-refractivity contribution in [3.05, 3.63) is 74.3 Å². The van der Waals surface area contributed by atoms with Crippen LogP contribution in [0.25, 0.3) is 0 Å². The summed E-state index contributed by atoms with van der Waals surface area (Å²) in [5.41, 5.74) is -0.355. The van der Waals surface area contributed by atoms with Crippen LogP contribution in [0.1, 0.15) is 75.2 Å². The second kappa shape index (κ2) is 27.1. The van der Waals surface area contributed by atoms with E-state index in [0.717, 1.165) is 18.7 Å². The Morgan fingerprint density at radius 1 is 0.981 bits per heavy atom. The van der Waals surface area contributed by atoms with Crippen molar-refractivity contribution in [2.75, 3.05) is 13.2 Å². The van der Waals surface area contributed by atoms with Crippen LogP contribution in [0.15, 0.2) is 74.3 Å². The van der Waals surface area contributed by atoms with Crippen LogP contribution in [-0.4, -0.2) is 89.1 Å². The zero-order valence-corrected chi connectivity index (χ0v) is 32.8. The highest BCUT2D eigenvalue weighted by Crippen LogP contribution is 2.45. The minimum absolute atomic E-state index is 0.154. The highest BCUT2D eigenvalue weighted by Gasteiger charge is 2.56. The lowest BCUT2D eigenvalue weighted by atomic mass is 9.91. The lowest BCUT2D eigenvalue weighted by Crippen LogP contribution is -2.64. The number of hydrogen-bond acceptors (Lipinski definition) is 13. The number of rotatable bonds is 14. The number of nitrogens with one attached hydrogen (secondary N) is 1. The molecular formula is C37H57NO13S. The number of carbonyl (C=O) groups excluding carboxylic acids is 5. The van der Waals surface area contributed by atoms with Gasteiger partial charge in [0.15, 0.2) is 0 Å². The zero-order valence-electron chi connectivity index (χ0n) is 31.9. The average molecular weight is 756 g/mol. The van der Waals surface area contributed by atoms with Crippen LogP contribution in [0.3, 0.4) is 0 Å². The summed E-state index contributed by atoms with van der Waals surface area (Å²) in [5, 5.41) is 10.1. The van der Waals surface area contributed by atoms with Crippen molar-refractivity contribution in [1.29, 1.82) is 0 Å². The molecule has 1 saturated heterocycles. The van der Waals surface area contributed by atoms with Crippen LogP contribution in [0.4, 0.5) is 4.79 Å². The van der Waals surface area contributed by atoms with Crippen molar-refractivity contribution in [3.63, 3.8) is 0 Å². The average Bonchev–Trinajstić information content (AvgIpc) is 3.03. The Hall–Kier alpha value is -4.63. The lowest BCUT2D eigenvalue weighted by Gasteiger charge is -2.47. The van der Waals surface area contributed by atoms with E-state index in [0.29, 0.717) is 10.5 Å². The Bertz CT molecular complexity index is 1260. The monoisotopic (exact) mass is 755 g/mol. The molecule has 0 spiro atoms. The van der Waals surface area contributed by atoms with Gasteiger partial charge in [0.2, 0.25) is 4.93 Å². The van der Waals surface area contributed by atoms with E-state index < -0.39 is 70.8 Å². The number of amides is 1. The molecule has 1 aliphatic rings. The van der Waals surface area contributed by atoms with Gasteiger partial charge in [-0.05, 0) is 40.2 Å². The molecule has 0 radical (unpaired) electrons. The van der Waals surface area contributed by atoms with Gasteiger partial charge in [-0.1, -0.05) is 49.2 Å². The van der Waals surface area contributed by atoms with Gasteiger partial charge >= 0.3 is 30.0 Å². The second-order valence-electron chi connectivity index (χ2n) is 11.5. The van der Waals surface area contributed by atoms with Crippen molar-refractivity contribution >= 4 is 47.7 Å². The topological polar surface area (TPSA) is 190 Å². The van der Waals surface area contributed by atoms with Gasteiger partial charge in [0.25, 0.3) is 5.97 Å². The smallest absolute Gasteiger partial charge is 0.408 e. The van der Waals surface area contributed by atoms with Gasteiger partial charge in [0, 0.05) is 45.4 Å². The molecule has 1 fully saturated rings. The maximum absolute atomic E-state index is 13.9. The molecule has 1 aliphatic heterocycles. The SMILES string of the molecule is C=C.C=C.C=C/C(=C\C)SC1(C(=O)OCC(=C)/C=C\C)C[C@@H](OC(C)=O)C(NC(=O)OC(C)(C)C)C(CC(COC(C)=O)OC(C)=O)O1.CC(=O)O. The molecule has 0 saturated carbocycles. The van der Waals surface area contributed by atoms with Gasteiger partial charge in [-0.2, -0.15) is 0 Å². The van der Waals surface area contributed by atoms with Crippen LogP contribution >= 0.6 is 11.8 Å². The van der Waals surface area contributed by atoms with Crippen LogP contribution in [0, 0.1) is 0 Å². The van der Waals surface area contributed by atoms with E-state index in [1.165, 1.54) is 26.8 Å². The Morgan fingerprint density at radius 3 is 1.96 bits per heavy atom.